The summed E-state index contributed by atoms with van der Waals surface area (Å²) in [7, 11) is 1.25. The Morgan fingerprint density at radius 3 is 2.69 bits per heavy atom. The summed E-state index contributed by atoms with van der Waals surface area (Å²) < 4.78 is 5.17. The topological polar surface area (TPSA) is 186 Å². The van der Waals surface area contributed by atoms with Gasteiger partial charge in [-0.05, 0) is 12.1 Å². The van der Waals surface area contributed by atoms with E-state index >= 15 is 0 Å². The molecule has 2 atom stereocenters. The highest BCUT2D eigenvalue weighted by Crippen LogP contribution is 2.40. The van der Waals surface area contributed by atoms with E-state index in [0.717, 1.165) is 16.2 Å². The average molecular weight is 533 g/mol. The second kappa shape index (κ2) is 10.7. The molecule has 1 aromatic heterocycles. The number of nitrogens with two attached hydrogens (primary N) is 1. The lowest BCUT2D eigenvalue weighted by Gasteiger charge is -2.49. The second-order valence-electron chi connectivity index (χ2n) is 7.38. The lowest BCUT2D eigenvalue weighted by Crippen LogP contribution is -2.71. The highest BCUT2D eigenvalue weighted by atomic mass is 32.2. The van der Waals surface area contributed by atoms with Crippen molar-refractivity contribution in [3.05, 3.63) is 52.7 Å². The molecule has 0 spiro atoms. The molecule has 5 N–H and O–H groups in total. The molecule has 0 radical (unpaired) electrons. The zero-order valence-corrected chi connectivity index (χ0v) is 20.3. The Bertz CT molecular complexity index is 1260. The minimum Gasteiger partial charge on any atom is -0.477 e. The summed E-state index contributed by atoms with van der Waals surface area (Å²) in [5.41, 5.74) is 6.11. The number of β-lactam (4-membered cyclic amide) rings is 1. The van der Waals surface area contributed by atoms with Crippen LogP contribution in [0.15, 0.2) is 52.1 Å². The standard InChI is InChI=1S/C21H20N6O7S2/c1-33-26-13(12-9-36-20(22)24-12)16(28)25-14-17(29)27-15(19(30)31)10(8-35-18(14)27)7-34-21(32)23-11-5-3-2-4-6-11/h2-6,9,14,18H,7-8H2,1H3,(H2,22,24)(H,23,32)(H,25,28)(H,30,31)/b26-13+/t14?,18-/m1/s1. The molecule has 1 saturated heterocycles. The Morgan fingerprint density at radius 1 is 1.31 bits per heavy atom. The Balaban J connectivity index is 1.43. The van der Waals surface area contributed by atoms with Gasteiger partial charge in [-0.1, -0.05) is 23.4 Å². The number of carboxylic acid groups (broad SMARTS) is 1. The number of anilines is 2. The third kappa shape index (κ3) is 5.11. The number of carboxylic acids is 1. The van der Waals surface area contributed by atoms with Gasteiger partial charge in [0.25, 0.3) is 11.8 Å². The predicted octanol–water partition coefficient (Wildman–Crippen LogP) is 1.06. The second-order valence-corrected chi connectivity index (χ2v) is 9.37. The molecular weight excluding hydrogens is 512 g/mol. The summed E-state index contributed by atoms with van der Waals surface area (Å²) in [5.74, 6) is -2.53. The molecule has 2 aromatic rings. The molecule has 3 amide bonds. The number of carbonyl (C=O) groups excluding carboxylic acids is 3. The number of ether oxygens (including phenoxy) is 1. The van der Waals surface area contributed by atoms with Gasteiger partial charge in [0.2, 0.25) is 0 Å². The van der Waals surface area contributed by atoms with Crippen molar-refractivity contribution in [3.63, 3.8) is 0 Å². The largest absolute Gasteiger partial charge is 0.477 e. The van der Waals surface area contributed by atoms with E-state index in [1.54, 1.807) is 30.3 Å². The van der Waals surface area contributed by atoms with Crippen molar-refractivity contribution in [1.82, 2.24) is 15.2 Å². The van der Waals surface area contributed by atoms with Gasteiger partial charge in [-0.25, -0.2) is 14.6 Å². The van der Waals surface area contributed by atoms with Crippen molar-refractivity contribution in [2.24, 2.45) is 5.16 Å². The van der Waals surface area contributed by atoms with Crippen LogP contribution in [0.4, 0.5) is 15.6 Å². The first-order chi connectivity index (χ1) is 17.3. The monoisotopic (exact) mass is 532 g/mol. The molecule has 1 unspecified atom stereocenters. The van der Waals surface area contributed by atoms with E-state index in [2.05, 4.69) is 20.8 Å². The molecule has 188 valence electrons. The number of oxime groups is 1. The molecule has 0 saturated carbocycles. The number of nitrogens with zero attached hydrogens (tertiary/aromatic N) is 3. The Kier molecular flexibility index (Phi) is 7.40. The van der Waals surface area contributed by atoms with E-state index in [9.17, 15) is 24.3 Å². The highest BCUT2D eigenvalue weighted by molar-refractivity contribution is 8.00. The fourth-order valence-corrected chi connectivity index (χ4v) is 5.40. The lowest BCUT2D eigenvalue weighted by molar-refractivity contribution is -0.150. The number of nitrogens with one attached hydrogen (secondary N) is 2. The molecule has 1 aromatic carbocycles. The van der Waals surface area contributed by atoms with Crippen LogP contribution in [-0.4, -0.2) is 75.5 Å². The van der Waals surface area contributed by atoms with Crippen LogP contribution < -0.4 is 16.4 Å². The van der Waals surface area contributed by atoms with Crippen molar-refractivity contribution >= 4 is 63.5 Å². The highest BCUT2D eigenvalue weighted by Gasteiger charge is 2.54. The van der Waals surface area contributed by atoms with Crippen LogP contribution in [-0.2, 0) is 24.0 Å². The molecule has 15 heteroatoms. The number of amides is 3. The first kappa shape index (κ1) is 25.0. The van der Waals surface area contributed by atoms with Crippen LogP contribution in [0.2, 0.25) is 0 Å². The summed E-state index contributed by atoms with van der Waals surface area (Å²) in [5, 5.41) is 19.6. The quantitative estimate of drug-likeness (QED) is 0.218. The van der Waals surface area contributed by atoms with Gasteiger partial charge < -0.3 is 25.7 Å². The van der Waals surface area contributed by atoms with Crippen LogP contribution in [0.5, 0.6) is 0 Å². The first-order valence-corrected chi connectivity index (χ1v) is 12.2. The van der Waals surface area contributed by atoms with E-state index in [-0.39, 0.29) is 40.2 Å². The Labute approximate surface area is 212 Å². The molecule has 0 bridgehead atoms. The summed E-state index contributed by atoms with van der Waals surface area (Å²) >= 11 is 2.33. The van der Waals surface area contributed by atoms with Gasteiger partial charge in [0.05, 0.1) is 0 Å². The van der Waals surface area contributed by atoms with E-state index in [0.29, 0.717) is 5.69 Å². The van der Waals surface area contributed by atoms with Crippen LogP contribution in [0, 0.1) is 0 Å². The zero-order chi connectivity index (χ0) is 25.8. The number of aliphatic carboxylic acids is 1. The van der Waals surface area contributed by atoms with Crippen molar-refractivity contribution < 1.29 is 33.9 Å². The van der Waals surface area contributed by atoms with Crippen LogP contribution in [0.1, 0.15) is 5.69 Å². The lowest BCUT2D eigenvalue weighted by atomic mass is 10.0. The maximum Gasteiger partial charge on any atom is 0.411 e. The van der Waals surface area contributed by atoms with Crippen molar-refractivity contribution in [2.75, 3.05) is 30.5 Å². The zero-order valence-electron chi connectivity index (χ0n) is 18.7. The van der Waals surface area contributed by atoms with Crippen LogP contribution in [0.3, 0.4) is 0 Å². The summed E-state index contributed by atoms with van der Waals surface area (Å²) in [4.78, 5) is 59.5. The maximum atomic E-state index is 12.9. The number of benzene rings is 1. The van der Waals surface area contributed by atoms with Gasteiger partial charge in [-0.3, -0.25) is 19.8 Å². The molecule has 2 aliphatic heterocycles. The summed E-state index contributed by atoms with van der Waals surface area (Å²) in [6, 6.07) is 7.60. The van der Waals surface area contributed by atoms with Crippen molar-refractivity contribution in [1.29, 1.82) is 0 Å². The number of fused-ring (bicyclic) bond motifs is 1. The first-order valence-electron chi connectivity index (χ1n) is 10.3. The van der Waals surface area contributed by atoms with E-state index < -0.39 is 35.3 Å². The minimum atomic E-state index is -1.35. The molecule has 2 aliphatic rings. The molecular formula is C21H20N6O7S2. The van der Waals surface area contributed by atoms with Crippen molar-refractivity contribution in [2.45, 2.75) is 11.4 Å². The Hall–Kier alpha value is -4.11. The number of rotatable bonds is 8. The molecule has 36 heavy (non-hydrogen) atoms. The van der Waals surface area contributed by atoms with Crippen LogP contribution >= 0.6 is 23.1 Å². The number of nitrogen functional groups attached to an aromatic ring is 1. The van der Waals surface area contributed by atoms with E-state index in [4.69, 9.17) is 15.3 Å². The summed E-state index contributed by atoms with van der Waals surface area (Å²) in [6.45, 7) is -0.323. The van der Waals surface area contributed by atoms with Crippen molar-refractivity contribution in [3.8, 4) is 0 Å². The van der Waals surface area contributed by atoms with Gasteiger partial charge in [0, 0.05) is 22.4 Å². The van der Waals surface area contributed by atoms with E-state index in [1.807, 2.05) is 0 Å². The third-order valence-electron chi connectivity index (χ3n) is 5.10. The summed E-state index contributed by atoms with van der Waals surface area (Å²) in [6.07, 6.45) is -0.765. The maximum absolute atomic E-state index is 12.9. The van der Waals surface area contributed by atoms with Gasteiger partial charge in [0.15, 0.2) is 10.8 Å². The van der Waals surface area contributed by atoms with Gasteiger partial charge >= 0.3 is 12.1 Å². The number of para-hydroxylation sites is 1. The molecule has 4 rings (SSSR count). The number of carbonyl (C=O) groups is 4. The predicted molar refractivity (Wildman–Crippen MR) is 131 cm³/mol. The number of aromatic nitrogens is 1. The number of hydrogen-bond donors (Lipinski definition) is 4. The van der Waals surface area contributed by atoms with Gasteiger partial charge in [-0.15, -0.1) is 23.1 Å². The minimum absolute atomic E-state index is 0.169. The normalized spacial score (nSPS) is 19.2. The fraction of sp³-hybridized carbons (Fsp3) is 0.238. The SMILES string of the molecule is CO/N=C(/C(=O)NC1C(=O)N2C(C(=O)O)=C(COC(=O)Nc3ccccc3)CS[C@H]12)c1csc(N)n1. The van der Waals surface area contributed by atoms with Gasteiger partial charge in [0.1, 0.15) is 36.5 Å². The molecule has 3 heterocycles. The molecule has 1 fully saturated rings. The molecule has 13 nitrogen and oxygen atoms in total. The average Bonchev–Trinajstić information content (AvgIpc) is 3.29. The number of thioether (sulfide) groups is 1. The fourth-order valence-electron chi connectivity index (χ4n) is 3.52. The van der Waals surface area contributed by atoms with Gasteiger partial charge in [-0.2, -0.15) is 0 Å². The van der Waals surface area contributed by atoms with Crippen LogP contribution in [0.25, 0.3) is 0 Å². The number of hydrogen-bond acceptors (Lipinski definition) is 11. The molecule has 0 aliphatic carbocycles. The Morgan fingerprint density at radius 2 is 2.06 bits per heavy atom. The third-order valence-corrected chi connectivity index (χ3v) is 7.11. The van der Waals surface area contributed by atoms with E-state index in [1.165, 1.54) is 24.3 Å². The number of thiazole rings is 1. The smallest absolute Gasteiger partial charge is 0.411 e.